The van der Waals surface area contributed by atoms with Crippen LogP contribution in [0, 0.1) is 5.92 Å². The van der Waals surface area contributed by atoms with Crippen LogP contribution in [0.5, 0.6) is 0 Å². The van der Waals surface area contributed by atoms with E-state index in [-0.39, 0.29) is 11.9 Å². The molecule has 5 heteroatoms. The normalized spacial score (nSPS) is 20.4. The number of likely N-dealkylation sites (tertiary alicyclic amines) is 1. The number of amides is 1. The molecule has 21 heavy (non-hydrogen) atoms. The van der Waals surface area contributed by atoms with Crippen molar-refractivity contribution in [3.8, 4) is 0 Å². The fraction of sp³-hybridized carbons (Fsp3) is 0.562. The lowest BCUT2D eigenvalue weighted by Gasteiger charge is -2.34. The van der Waals surface area contributed by atoms with Crippen molar-refractivity contribution in [1.29, 1.82) is 0 Å². The van der Waals surface area contributed by atoms with Gasteiger partial charge in [0.05, 0.1) is 0 Å². The van der Waals surface area contributed by atoms with Crippen LogP contribution in [0.25, 0.3) is 0 Å². The zero-order valence-electron chi connectivity index (χ0n) is 12.3. The summed E-state index contributed by atoms with van der Waals surface area (Å²) >= 11 is 9.51. The summed E-state index contributed by atoms with van der Waals surface area (Å²) in [6, 6.07) is 5.84. The molecule has 1 saturated heterocycles. The van der Waals surface area contributed by atoms with Crippen molar-refractivity contribution in [2.24, 2.45) is 11.7 Å². The Balaban J connectivity index is 1.91. The number of nitrogens with two attached hydrogens (primary N) is 1. The van der Waals surface area contributed by atoms with Crippen molar-refractivity contribution in [1.82, 2.24) is 4.90 Å². The number of aryl methyl sites for hydroxylation is 1. The zero-order valence-corrected chi connectivity index (χ0v) is 14.7. The highest BCUT2D eigenvalue weighted by Gasteiger charge is 2.25. The van der Waals surface area contributed by atoms with Crippen molar-refractivity contribution < 1.29 is 4.79 Å². The number of carbonyl (C=O) groups is 1. The number of halogens is 2. The summed E-state index contributed by atoms with van der Waals surface area (Å²) < 4.78 is 1.01. The summed E-state index contributed by atoms with van der Waals surface area (Å²) in [7, 11) is 0. The van der Waals surface area contributed by atoms with Crippen molar-refractivity contribution in [3.05, 3.63) is 33.3 Å². The second-order valence-electron chi connectivity index (χ2n) is 5.84. The van der Waals surface area contributed by atoms with E-state index in [0.717, 1.165) is 36.0 Å². The third-order valence-corrected chi connectivity index (χ3v) is 5.18. The average molecular weight is 374 g/mol. The molecule has 116 valence electrons. The summed E-state index contributed by atoms with van der Waals surface area (Å²) in [4.78, 5) is 14.3. The molecule has 1 aromatic rings. The highest BCUT2D eigenvalue weighted by molar-refractivity contribution is 9.10. The van der Waals surface area contributed by atoms with Crippen molar-refractivity contribution in [2.75, 3.05) is 13.1 Å². The minimum Gasteiger partial charge on any atom is -0.342 e. The number of carbonyl (C=O) groups excluding carboxylic acids is 1. The molecule has 1 aliphatic heterocycles. The van der Waals surface area contributed by atoms with Crippen molar-refractivity contribution in [3.63, 3.8) is 0 Å². The summed E-state index contributed by atoms with van der Waals surface area (Å²) in [6.45, 7) is 3.69. The average Bonchev–Trinajstić information content (AvgIpc) is 2.48. The van der Waals surface area contributed by atoms with E-state index in [1.807, 2.05) is 30.0 Å². The van der Waals surface area contributed by atoms with Crippen molar-refractivity contribution >= 4 is 33.4 Å². The molecular weight excluding hydrogens is 352 g/mol. The Morgan fingerprint density at radius 2 is 2.33 bits per heavy atom. The number of benzene rings is 1. The topological polar surface area (TPSA) is 46.3 Å². The Labute approximate surface area is 140 Å². The number of piperidine rings is 1. The SMILES string of the molecule is C[C@H](N)[C@H]1CCCN(C(=O)CCc2cc(Cl)ccc2Br)C1. The minimum atomic E-state index is 0.155. The van der Waals surface area contributed by atoms with Gasteiger partial charge in [0.15, 0.2) is 0 Å². The predicted molar refractivity (Wildman–Crippen MR) is 90.4 cm³/mol. The molecule has 0 radical (unpaired) electrons. The maximum Gasteiger partial charge on any atom is 0.222 e. The number of rotatable bonds is 4. The first-order chi connectivity index (χ1) is 9.97. The Morgan fingerprint density at radius 3 is 3.05 bits per heavy atom. The summed E-state index contributed by atoms with van der Waals surface area (Å²) in [5, 5.41) is 0.704. The van der Waals surface area contributed by atoms with Crippen LogP contribution in [0.4, 0.5) is 0 Å². The van der Waals surface area contributed by atoms with Gasteiger partial charge in [-0.3, -0.25) is 4.79 Å². The van der Waals surface area contributed by atoms with Crippen LogP contribution in [-0.2, 0) is 11.2 Å². The van der Waals surface area contributed by atoms with Crippen LogP contribution in [0.1, 0.15) is 31.7 Å². The van der Waals surface area contributed by atoms with Crippen LogP contribution >= 0.6 is 27.5 Å². The molecule has 1 aromatic carbocycles. The summed E-state index contributed by atoms with van der Waals surface area (Å²) in [5.41, 5.74) is 7.05. The molecule has 1 amide bonds. The lowest BCUT2D eigenvalue weighted by molar-refractivity contribution is -0.133. The van der Waals surface area contributed by atoms with Gasteiger partial charge in [-0.05, 0) is 55.9 Å². The fourth-order valence-electron chi connectivity index (χ4n) is 2.80. The van der Waals surface area contributed by atoms with E-state index in [2.05, 4.69) is 15.9 Å². The molecule has 1 fully saturated rings. The van der Waals surface area contributed by atoms with Gasteiger partial charge in [-0.25, -0.2) is 0 Å². The van der Waals surface area contributed by atoms with E-state index in [9.17, 15) is 4.79 Å². The molecule has 2 atom stereocenters. The van der Waals surface area contributed by atoms with Crippen LogP contribution in [0.2, 0.25) is 5.02 Å². The van der Waals surface area contributed by atoms with E-state index in [1.54, 1.807) is 0 Å². The summed E-state index contributed by atoms with van der Waals surface area (Å²) in [5.74, 6) is 0.646. The van der Waals surface area contributed by atoms with Gasteiger partial charge in [0, 0.05) is 35.0 Å². The van der Waals surface area contributed by atoms with E-state index in [0.29, 0.717) is 23.8 Å². The lowest BCUT2D eigenvalue weighted by atomic mass is 9.92. The number of hydrogen-bond acceptors (Lipinski definition) is 2. The molecule has 0 spiro atoms. The molecule has 0 bridgehead atoms. The maximum atomic E-state index is 12.4. The molecule has 0 aliphatic carbocycles. The standard InChI is InChI=1S/C16H22BrClN2O/c1-11(19)13-3-2-8-20(10-13)16(21)7-4-12-9-14(18)5-6-15(12)17/h5-6,9,11,13H,2-4,7-8,10,19H2,1H3/t11-,13-/m0/s1. The van der Waals surface area contributed by atoms with E-state index in [4.69, 9.17) is 17.3 Å². The third-order valence-electron chi connectivity index (χ3n) is 4.17. The van der Waals surface area contributed by atoms with Gasteiger partial charge in [0.1, 0.15) is 0 Å². The zero-order chi connectivity index (χ0) is 15.4. The molecule has 1 aliphatic rings. The minimum absolute atomic E-state index is 0.155. The molecular formula is C16H22BrClN2O. The van der Waals surface area contributed by atoms with E-state index < -0.39 is 0 Å². The molecule has 0 saturated carbocycles. The molecule has 0 aromatic heterocycles. The van der Waals surface area contributed by atoms with Crippen LogP contribution in [0.15, 0.2) is 22.7 Å². The van der Waals surface area contributed by atoms with Gasteiger partial charge in [-0.2, -0.15) is 0 Å². The largest absolute Gasteiger partial charge is 0.342 e. The molecule has 0 unspecified atom stereocenters. The quantitative estimate of drug-likeness (QED) is 0.876. The van der Waals surface area contributed by atoms with Gasteiger partial charge in [-0.1, -0.05) is 27.5 Å². The van der Waals surface area contributed by atoms with Gasteiger partial charge in [-0.15, -0.1) is 0 Å². The lowest BCUT2D eigenvalue weighted by Crippen LogP contribution is -2.45. The van der Waals surface area contributed by atoms with Gasteiger partial charge in [0.25, 0.3) is 0 Å². The summed E-state index contributed by atoms with van der Waals surface area (Å²) in [6.07, 6.45) is 3.41. The Morgan fingerprint density at radius 1 is 1.57 bits per heavy atom. The van der Waals surface area contributed by atoms with E-state index in [1.165, 1.54) is 0 Å². The molecule has 1 heterocycles. The third kappa shape index (κ3) is 4.70. The van der Waals surface area contributed by atoms with Gasteiger partial charge in [0.2, 0.25) is 5.91 Å². The van der Waals surface area contributed by atoms with Gasteiger partial charge >= 0.3 is 0 Å². The Bertz CT molecular complexity index is 507. The van der Waals surface area contributed by atoms with Crippen LogP contribution in [0.3, 0.4) is 0 Å². The molecule has 2 rings (SSSR count). The number of nitrogens with zero attached hydrogens (tertiary/aromatic N) is 1. The number of hydrogen-bond donors (Lipinski definition) is 1. The monoisotopic (exact) mass is 372 g/mol. The second kappa shape index (κ2) is 7.61. The fourth-order valence-corrected chi connectivity index (χ4v) is 3.44. The Hall–Kier alpha value is -0.580. The first-order valence-electron chi connectivity index (χ1n) is 7.44. The molecule has 2 N–H and O–H groups in total. The second-order valence-corrected chi connectivity index (χ2v) is 7.13. The van der Waals surface area contributed by atoms with E-state index >= 15 is 0 Å². The predicted octanol–water partition coefficient (Wildman–Crippen LogP) is 3.62. The smallest absolute Gasteiger partial charge is 0.222 e. The van der Waals surface area contributed by atoms with Crippen LogP contribution in [-0.4, -0.2) is 29.9 Å². The first kappa shape index (κ1) is 16.8. The van der Waals surface area contributed by atoms with Crippen LogP contribution < -0.4 is 5.73 Å². The highest BCUT2D eigenvalue weighted by Crippen LogP contribution is 2.24. The van der Waals surface area contributed by atoms with Crippen molar-refractivity contribution in [2.45, 2.75) is 38.6 Å². The maximum absolute atomic E-state index is 12.4. The van der Waals surface area contributed by atoms with Gasteiger partial charge < -0.3 is 10.6 Å². The Kier molecular flexibility index (Phi) is 6.08. The first-order valence-corrected chi connectivity index (χ1v) is 8.61. The molecule has 3 nitrogen and oxygen atoms in total. The highest BCUT2D eigenvalue weighted by atomic mass is 79.9.